The molecule has 0 unspecified atom stereocenters. The summed E-state index contributed by atoms with van der Waals surface area (Å²) in [5.41, 5.74) is 2.17. The topological polar surface area (TPSA) is 92.6 Å². The molecule has 0 aliphatic rings. The van der Waals surface area contributed by atoms with E-state index >= 15 is 0 Å². The second-order valence-corrected chi connectivity index (χ2v) is 5.77. The number of hydrogen-bond acceptors (Lipinski definition) is 4. The molecular weight excluding hydrogens is 322 g/mol. The number of amides is 2. The zero-order valence-electron chi connectivity index (χ0n) is 14.1. The number of carbonyl (C=O) groups excluding carboxylic acids is 2. The van der Waals surface area contributed by atoms with Crippen molar-refractivity contribution in [3.63, 3.8) is 0 Å². The minimum Gasteiger partial charge on any atom is -0.352 e. The van der Waals surface area contributed by atoms with Gasteiger partial charge in [-0.15, -0.1) is 0 Å². The van der Waals surface area contributed by atoms with Gasteiger partial charge < -0.3 is 10.2 Å². The fourth-order valence-corrected chi connectivity index (χ4v) is 2.21. The van der Waals surface area contributed by atoms with Crippen LogP contribution in [0.15, 0.2) is 48.5 Å². The van der Waals surface area contributed by atoms with Crippen molar-refractivity contribution in [2.24, 2.45) is 0 Å². The largest absolute Gasteiger partial charge is 0.352 e. The van der Waals surface area contributed by atoms with Crippen LogP contribution in [0.25, 0.3) is 0 Å². The Labute approximate surface area is 145 Å². The van der Waals surface area contributed by atoms with Crippen molar-refractivity contribution in [2.45, 2.75) is 13.0 Å². The van der Waals surface area contributed by atoms with E-state index in [2.05, 4.69) is 5.32 Å². The highest BCUT2D eigenvalue weighted by molar-refractivity contribution is 5.93. The monoisotopic (exact) mass is 341 g/mol. The molecule has 0 saturated carbocycles. The number of nitrogens with zero attached hydrogens (tertiary/aromatic N) is 2. The molecule has 0 bridgehead atoms. The third-order valence-electron chi connectivity index (χ3n) is 3.61. The number of nitro benzene ring substituents is 1. The van der Waals surface area contributed by atoms with E-state index in [9.17, 15) is 19.7 Å². The summed E-state index contributed by atoms with van der Waals surface area (Å²) in [6.07, 6.45) is 0.148. The van der Waals surface area contributed by atoms with Gasteiger partial charge in [-0.05, 0) is 23.3 Å². The Balaban J connectivity index is 1.87. The molecule has 2 aromatic rings. The van der Waals surface area contributed by atoms with Gasteiger partial charge in [0, 0.05) is 38.3 Å². The number of nitrogens with one attached hydrogen (secondary N) is 1. The van der Waals surface area contributed by atoms with Gasteiger partial charge in [0.25, 0.3) is 11.6 Å². The summed E-state index contributed by atoms with van der Waals surface area (Å²) in [6.45, 7) is 0.349. The average Bonchev–Trinajstić information content (AvgIpc) is 2.60. The summed E-state index contributed by atoms with van der Waals surface area (Å²) in [4.78, 5) is 35.4. The smallest absolute Gasteiger partial charge is 0.269 e. The van der Waals surface area contributed by atoms with Gasteiger partial charge in [0.05, 0.1) is 11.3 Å². The summed E-state index contributed by atoms with van der Waals surface area (Å²) in [5.74, 6) is -0.254. The Morgan fingerprint density at radius 2 is 1.56 bits per heavy atom. The predicted molar refractivity (Wildman–Crippen MR) is 93.1 cm³/mol. The highest BCUT2D eigenvalue weighted by Crippen LogP contribution is 2.12. The Kier molecular flexibility index (Phi) is 5.84. The molecule has 0 spiro atoms. The summed E-state index contributed by atoms with van der Waals surface area (Å²) in [5, 5.41) is 13.4. The van der Waals surface area contributed by atoms with Gasteiger partial charge in [-0.1, -0.05) is 24.3 Å². The zero-order chi connectivity index (χ0) is 18.4. The highest BCUT2D eigenvalue weighted by atomic mass is 16.6. The van der Waals surface area contributed by atoms with Crippen molar-refractivity contribution < 1.29 is 14.5 Å². The van der Waals surface area contributed by atoms with Gasteiger partial charge in [0.15, 0.2) is 0 Å². The van der Waals surface area contributed by atoms with E-state index in [0.29, 0.717) is 17.7 Å². The van der Waals surface area contributed by atoms with Crippen LogP contribution in [0.5, 0.6) is 0 Å². The number of benzene rings is 2. The SMILES string of the molecule is CN(C)C(=O)c1ccc(CNC(=O)Cc2ccc([N+](=O)[O-])cc2)cc1. The zero-order valence-corrected chi connectivity index (χ0v) is 14.1. The Bertz CT molecular complexity index is 768. The number of hydrogen-bond donors (Lipinski definition) is 1. The van der Waals surface area contributed by atoms with Crippen LogP contribution in [0.2, 0.25) is 0 Å². The van der Waals surface area contributed by atoms with Gasteiger partial charge in [-0.25, -0.2) is 0 Å². The lowest BCUT2D eigenvalue weighted by Gasteiger charge is -2.11. The second-order valence-electron chi connectivity index (χ2n) is 5.77. The first-order valence-electron chi connectivity index (χ1n) is 7.67. The van der Waals surface area contributed by atoms with Crippen molar-refractivity contribution in [3.05, 3.63) is 75.3 Å². The molecule has 0 aromatic heterocycles. The molecule has 7 nitrogen and oxygen atoms in total. The molecule has 2 amide bonds. The molecule has 0 aliphatic heterocycles. The van der Waals surface area contributed by atoms with E-state index < -0.39 is 4.92 Å². The maximum atomic E-state index is 12.0. The van der Waals surface area contributed by atoms with Crippen LogP contribution < -0.4 is 5.32 Å². The molecule has 2 rings (SSSR count). The van der Waals surface area contributed by atoms with Crippen molar-refractivity contribution in [3.8, 4) is 0 Å². The first-order valence-corrected chi connectivity index (χ1v) is 7.67. The molecule has 130 valence electrons. The molecule has 7 heteroatoms. The Morgan fingerprint density at radius 1 is 1.00 bits per heavy atom. The molecule has 0 heterocycles. The maximum Gasteiger partial charge on any atom is 0.269 e. The highest BCUT2D eigenvalue weighted by Gasteiger charge is 2.09. The first-order chi connectivity index (χ1) is 11.9. The molecule has 0 fully saturated rings. The minimum absolute atomic E-state index is 0.00322. The van der Waals surface area contributed by atoms with Crippen LogP contribution in [-0.4, -0.2) is 35.7 Å². The lowest BCUT2D eigenvalue weighted by Crippen LogP contribution is -2.24. The van der Waals surface area contributed by atoms with Crippen LogP contribution in [-0.2, 0) is 17.8 Å². The lowest BCUT2D eigenvalue weighted by molar-refractivity contribution is -0.384. The third kappa shape index (κ3) is 5.13. The van der Waals surface area contributed by atoms with E-state index in [0.717, 1.165) is 5.56 Å². The van der Waals surface area contributed by atoms with E-state index in [1.807, 2.05) is 0 Å². The fraction of sp³-hybridized carbons (Fsp3) is 0.222. The van der Waals surface area contributed by atoms with E-state index in [-0.39, 0.29) is 23.9 Å². The first kappa shape index (κ1) is 18.1. The molecule has 0 atom stereocenters. The van der Waals surface area contributed by atoms with Crippen LogP contribution in [0.3, 0.4) is 0 Å². The molecular formula is C18H19N3O4. The third-order valence-corrected chi connectivity index (χ3v) is 3.61. The number of non-ortho nitro benzene ring substituents is 1. The molecule has 25 heavy (non-hydrogen) atoms. The Morgan fingerprint density at radius 3 is 2.08 bits per heavy atom. The van der Waals surface area contributed by atoms with Crippen LogP contribution in [0, 0.1) is 10.1 Å². The van der Waals surface area contributed by atoms with Crippen LogP contribution >= 0.6 is 0 Å². The summed E-state index contributed by atoms with van der Waals surface area (Å²) < 4.78 is 0. The molecule has 0 radical (unpaired) electrons. The number of rotatable bonds is 6. The van der Waals surface area contributed by atoms with E-state index in [1.54, 1.807) is 50.5 Å². The molecule has 1 N–H and O–H groups in total. The second kappa shape index (κ2) is 8.05. The van der Waals surface area contributed by atoms with Crippen molar-refractivity contribution in [1.82, 2.24) is 10.2 Å². The molecule has 2 aromatic carbocycles. The average molecular weight is 341 g/mol. The summed E-state index contributed by atoms with van der Waals surface area (Å²) in [7, 11) is 3.38. The maximum absolute atomic E-state index is 12.0. The normalized spacial score (nSPS) is 10.2. The quantitative estimate of drug-likeness (QED) is 0.644. The van der Waals surface area contributed by atoms with Gasteiger partial charge in [0.2, 0.25) is 5.91 Å². The number of nitro groups is 1. The summed E-state index contributed by atoms with van der Waals surface area (Å²) >= 11 is 0. The molecule has 0 aliphatic carbocycles. The summed E-state index contributed by atoms with van der Waals surface area (Å²) in [6, 6.07) is 12.9. The number of carbonyl (C=O) groups is 2. The fourth-order valence-electron chi connectivity index (χ4n) is 2.21. The van der Waals surface area contributed by atoms with Crippen molar-refractivity contribution in [2.75, 3.05) is 14.1 Å². The van der Waals surface area contributed by atoms with Crippen LogP contribution in [0.1, 0.15) is 21.5 Å². The van der Waals surface area contributed by atoms with Crippen molar-refractivity contribution >= 4 is 17.5 Å². The van der Waals surface area contributed by atoms with Crippen LogP contribution in [0.4, 0.5) is 5.69 Å². The standard InChI is InChI=1S/C18H19N3O4/c1-20(2)18(23)15-7-3-14(4-8-15)12-19-17(22)11-13-5-9-16(10-6-13)21(24)25/h3-10H,11-12H2,1-2H3,(H,19,22). The van der Waals surface area contributed by atoms with Crippen molar-refractivity contribution in [1.29, 1.82) is 0 Å². The van der Waals surface area contributed by atoms with Gasteiger partial charge in [0.1, 0.15) is 0 Å². The van der Waals surface area contributed by atoms with Gasteiger partial charge in [-0.2, -0.15) is 0 Å². The Hall–Kier alpha value is -3.22. The van der Waals surface area contributed by atoms with E-state index in [4.69, 9.17) is 0 Å². The molecule has 0 saturated heterocycles. The van der Waals surface area contributed by atoms with Gasteiger partial charge in [-0.3, -0.25) is 19.7 Å². The minimum atomic E-state index is -0.478. The lowest BCUT2D eigenvalue weighted by atomic mass is 10.1. The predicted octanol–water partition coefficient (Wildman–Crippen LogP) is 2.16. The van der Waals surface area contributed by atoms with E-state index in [1.165, 1.54) is 17.0 Å². The van der Waals surface area contributed by atoms with Gasteiger partial charge >= 0.3 is 0 Å².